The van der Waals surface area contributed by atoms with Crippen molar-refractivity contribution >= 4 is 37.3 Å². The van der Waals surface area contributed by atoms with Crippen molar-refractivity contribution in [3.63, 3.8) is 0 Å². The second-order valence-electron chi connectivity index (χ2n) is 7.76. The summed E-state index contributed by atoms with van der Waals surface area (Å²) in [5.74, 6) is -0.489. The van der Waals surface area contributed by atoms with Gasteiger partial charge in [0, 0.05) is 6.54 Å². The van der Waals surface area contributed by atoms with Crippen molar-refractivity contribution in [1.82, 2.24) is 15.3 Å². The molecule has 3 aromatic rings. The van der Waals surface area contributed by atoms with E-state index in [2.05, 4.69) is 15.3 Å². The Morgan fingerprint density at radius 2 is 1.94 bits per heavy atom. The lowest BCUT2D eigenvalue weighted by molar-refractivity contribution is -0.137. The van der Waals surface area contributed by atoms with Gasteiger partial charge >= 0.3 is 6.18 Å². The Bertz CT molecular complexity index is 1340. The first kappa shape index (κ1) is 23.9. The zero-order chi connectivity index (χ0) is 23.9. The van der Waals surface area contributed by atoms with Gasteiger partial charge in [-0.25, -0.2) is 13.4 Å². The highest BCUT2D eigenvalue weighted by Crippen LogP contribution is 2.34. The molecular weight excluding hydrogens is 467 g/mol. The van der Waals surface area contributed by atoms with Crippen LogP contribution in [-0.2, 0) is 16.0 Å². The summed E-state index contributed by atoms with van der Waals surface area (Å²) in [5, 5.41) is 2.94. The molecular formula is C20H20F3N3O4S2. The highest BCUT2D eigenvalue weighted by Gasteiger charge is 2.38. The van der Waals surface area contributed by atoms with Crippen LogP contribution in [0.15, 0.2) is 40.3 Å². The third-order valence-electron chi connectivity index (χ3n) is 5.15. The Kier molecular flexibility index (Phi) is 6.22. The normalized spacial score (nSPS) is 12.8. The molecule has 0 spiro atoms. The fourth-order valence-corrected chi connectivity index (χ4v) is 5.76. The maximum atomic E-state index is 13.0. The number of hydrogen-bond donors (Lipinski definition) is 2. The summed E-state index contributed by atoms with van der Waals surface area (Å²) in [6.07, 6.45) is -3.47. The molecule has 0 saturated heterocycles. The van der Waals surface area contributed by atoms with Crippen LogP contribution in [0.1, 0.15) is 41.1 Å². The largest absolute Gasteiger partial charge is 0.416 e. The fourth-order valence-electron chi connectivity index (χ4n) is 3.15. The zero-order valence-electron chi connectivity index (χ0n) is 17.3. The Hall–Kier alpha value is -2.73. The summed E-state index contributed by atoms with van der Waals surface area (Å²) < 4.78 is 63.4. The molecule has 32 heavy (non-hydrogen) atoms. The first-order chi connectivity index (χ1) is 14.8. The van der Waals surface area contributed by atoms with Gasteiger partial charge in [-0.05, 0) is 51.0 Å². The molecule has 0 aliphatic heterocycles. The maximum absolute atomic E-state index is 13.0. The first-order valence-corrected chi connectivity index (χ1v) is 11.7. The standard InChI is InChI=1S/C20H20F3N3O4S2/c1-11-14-16(27)25-10-26-18(14)31-15(11)17(28)24-8-7-19(2,3)32(29,30)13-6-4-5-12(9-13)20(21,22)23/h4-6,9-10H,7-8H2,1-3H3,(H,24,28)(H,25,26,27). The molecule has 2 aromatic heterocycles. The number of rotatable bonds is 6. The van der Waals surface area contributed by atoms with Crippen molar-refractivity contribution < 1.29 is 26.4 Å². The third-order valence-corrected chi connectivity index (χ3v) is 8.88. The summed E-state index contributed by atoms with van der Waals surface area (Å²) in [5.41, 5.74) is -0.949. The average molecular weight is 488 g/mol. The smallest absolute Gasteiger partial charge is 0.351 e. The minimum Gasteiger partial charge on any atom is -0.351 e. The fraction of sp³-hybridized carbons (Fsp3) is 0.350. The van der Waals surface area contributed by atoms with Gasteiger partial charge in [0.1, 0.15) is 4.83 Å². The number of nitrogens with one attached hydrogen (secondary N) is 2. The van der Waals surface area contributed by atoms with Gasteiger partial charge in [0.15, 0.2) is 9.84 Å². The van der Waals surface area contributed by atoms with Crippen LogP contribution in [-0.4, -0.2) is 35.6 Å². The third kappa shape index (κ3) is 4.42. The van der Waals surface area contributed by atoms with Gasteiger partial charge in [0.25, 0.3) is 11.5 Å². The van der Waals surface area contributed by atoms with E-state index in [4.69, 9.17) is 0 Å². The van der Waals surface area contributed by atoms with Gasteiger partial charge in [-0.15, -0.1) is 11.3 Å². The van der Waals surface area contributed by atoms with E-state index in [0.717, 1.165) is 29.5 Å². The summed E-state index contributed by atoms with van der Waals surface area (Å²) >= 11 is 1.04. The van der Waals surface area contributed by atoms with Gasteiger partial charge in [-0.1, -0.05) is 6.07 Å². The molecule has 1 aromatic carbocycles. The second-order valence-corrected chi connectivity index (χ2v) is 11.3. The quantitative estimate of drug-likeness (QED) is 0.551. The van der Waals surface area contributed by atoms with E-state index in [0.29, 0.717) is 21.8 Å². The number of halogens is 3. The van der Waals surface area contributed by atoms with Crippen molar-refractivity contribution in [2.75, 3.05) is 6.54 Å². The van der Waals surface area contributed by atoms with E-state index in [1.807, 2.05) is 0 Å². The zero-order valence-corrected chi connectivity index (χ0v) is 19.0. The number of thiophene rings is 1. The molecule has 12 heteroatoms. The number of carbonyl (C=O) groups is 1. The van der Waals surface area contributed by atoms with E-state index < -0.39 is 37.1 Å². The highest BCUT2D eigenvalue weighted by molar-refractivity contribution is 7.92. The van der Waals surface area contributed by atoms with Gasteiger partial charge in [-0.3, -0.25) is 9.59 Å². The predicted molar refractivity (Wildman–Crippen MR) is 115 cm³/mol. The molecule has 3 rings (SSSR count). The number of aryl methyl sites for hydroxylation is 1. The molecule has 0 saturated carbocycles. The van der Waals surface area contributed by atoms with Crippen LogP contribution in [0.25, 0.3) is 10.2 Å². The van der Waals surface area contributed by atoms with Gasteiger partial charge < -0.3 is 10.3 Å². The Balaban J connectivity index is 1.75. The number of aromatic nitrogens is 2. The molecule has 2 heterocycles. The summed E-state index contributed by atoms with van der Waals surface area (Å²) in [4.78, 5) is 31.3. The molecule has 0 bridgehead atoms. The van der Waals surface area contributed by atoms with Crippen LogP contribution in [0.2, 0.25) is 0 Å². The highest BCUT2D eigenvalue weighted by atomic mass is 32.2. The average Bonchev–Trinajstić information content (AvgIpc) is 3.05. The lowest BCUT2D eigenvalue weighted by Crippen LogP contribution is -2.37. The number of hydrogen-bond acceptors (Lipinski definition) is 6. The number of sulfone groups is 1. The number of benzene rings is 1. The number of carbonyl (C=O) groups excluding carboxylic acids is 1. The SMILES string of the molecule is Cc1c(C(=O)NCCC(C)(C)S(=O)(=O)c2cccc(C(F)(F)F)c2)sc2nc[nH]c(=O)c12. The topological polar surface area (TPSA) is 109 Å². The predicted octanol–water partition coefficient (Wildman–Crippen LogP) is 3.68. The lowest BCUT2D eigenvalue weighted by atomic mass is 10.1. The Labute approximate surface area is 185 Å². The lowest BCUT2D eigenvalue weighted by Gasteiger charge is -2.25. The molecule has 1 amide bonds. The number of alkyl halides is 3. The molecule has 0 fully saturated rings. The summed E-state index contributed by atoms with van der Waals surface area (Å²) in [6.45, 7) is 4.36. The molecule has 172 valence electrons. The van der Waals surface area contributed by atoms with Crippen LogP contribution in [0, 0.1) is 6.92 Å². The minimum atomic E-state index is -4.66. The van der Waals surface area contributed by atoms with Crippen molar-refractivity contribution in [2.24, 2.45) is 0 Å². The molecule has 7 nitrogen and oxygen atoms in total. The van der Waals surface area contributed by atoms with Crippen molar-refractivity contribution in [3.8, 4) is 0 Å². The van der Waals surface area contributed by atoms with Crippen LogP contribution < -0.4 is 10.9 Å². The molecule has 0 unspecified atom stereocenters. The molecule has 0 radical (unpaired) electrons. The maximum Gasteiger partial charge on any atom is 0.416 e. The van der Waals surface area contributed by atoms with Gasteiger partial charge in [-0.2, -0.15) is 13.2 Å². The molecule has 0 atom stereocenters. The van der Waals surface area contributed by atoms with E-state index in [1.54, 1.807) is 6.92 Å². The summed E-state index contributed by atoms with van der Waals surface area (Å²) in [6, 6.07) is 3.59. The number of amides is 1. The summed E-state index contributed by atoms with van der Waals surface area (Å²) in [7, 11) is -4.12. The van der Waals surface area contributed by atoms with E-state index in [9.17, 15) is 31.2 Å². The van der Waals surface area contributed by atoms with Crippen LogP contribution >= 0.6 is 11.3 Å². The van der Waals surface area contributed by atoms with Crippen molar-refractivity contribution in [2.45, 2.75) is 43.0 Å². The number of H-pyrrole nitrogens is 1. The molecule has 0 aliphatic carbocycles. The molecule has 2 N–H and O–H groups in total. The van der Waals surface area contributed by atoms with Gasteiger partial charge in [0.2, 0.25) is 0 Å². The minimum absolute atomic E-state index is 0.0402. The number of aromatic amines is 1. The second kappa shape index (κ2) is 8.32. The van der Waals surface area contributed by atoms with Crippen LogP contribution in [0.4, 0.5) is 13.2 Å². The van der Waals surface area contributed by atoms with E-state index in [-0.39, 0.29) is 23.4 Å². The van der Waals surface area contributed by atoms with E-state index >= 15 is 0 Å². The van der Waals surface area contributed by atoms with Gasteiger partial charge in [0.05, 0.1) is 31.8 Å². The number of nitrogens with zero attached hydrogens (tertiary/aromatic N) is 1. The van der Waals surface area contributed by atoms with Crippen molar-refractivity contribution in [3.05, 3.63) is 57.0 Å². The van der Waals surface area contributed by atoms with Crippen LogP contribution in [0.5, 0.6) is 0 Å². The Morgan fingerprint density at radius 1 is 1.25 bits per heavy atom. The Morgan fingerprint density at radius 3 is 2.56 bits per heavy atom. The first-order valence-electron chi connectivity index (χ1n) is 9.42. The monoisotopic (exact) mass is 487 g/mol. The molecule has 0 aliphatic rings. The van der Waals surface area contributed by atoms with Crippen molar-refractivity contribution in [1.29, 1.82) is 0 Å². The number of fused-ring (bicyclic) bond motifs is 1. The van der Waals surface area contributed by atoms with E-state index in [1.165, 1.54) is 20.2 Å². The van der Waals surface area contributed by atoms with Crippen LogP contribution in [0.3, 0.4) is 0 Å².